The van der Waals surface area contributed by atoms with Crippen molar-refractivity contribution < 1.29 is 17.9 Å². The Morgan fingerprint density at radius 1 is 0.759 bits per heavy atom. The average Bonchev–Trinajstić information content (AvgIpc) is 2.75. The number of carbonyl (C=O) groups is 1. The zero-order chi connectivity index (χ0) is 20.0. The van der Waals surface area contributed by atoms with Gasteiger partial charge in [0.05, 0.1) is 10.8 Å². The van der Waals surface area contributed by atoms with Gasteiger partial charge in [-0.1, -0.05) is 78.9 Å². The highest BCUT2D eigenvalue weighted by Crippen LogP contribution is 2.52. The standard InChI is InChI=1S/C24H18O4S/c25-24-22-19(15-20(28-24)16-9-3-1-4-10-16)18-13-7-8-14-21(18)29(26,27)23(22)17-11-5-2-6-12-17/h1-15,19,22-23H/t19-,22-,23+/m0/s1. The van der Waals surface area contributed by atoms with Gasteiger partial charge in [0, 0.05) is 11.5 Å². The number of hydrogen-bond acceptors (Lipinski definition) is 4. The van der Waals surface area contributed by atoms with Gasteiger partial charge in [0.25, 0.3) is 0 Å². The van der Waals surface area contributed by atoms with E-state index in [1.807, 2.05) is 48.5 Å². The summed E-state index contributed by atoms with van der Waals surface area (Å²) in [7, 11) is -3.75. The molecule has 0 amide bonds. The van der Waals surface area contributed by atoms with Crippen molar-refractivity contribution in [3.05, 3.63) is 108 Å². The zero-order valence-corrected chi connectivity index (χ0v) is 16.3. The molecule has 3 atom stereocenters. The molecule has 0 spiro atoms. The number of carbonyl (C=O) groups excluding carboxylic acids is 1. The summed E-state index contributed by atoms with van der Waals surface area (Å²) in [4.78, 5) is 13.5. The lowest BCUT2D eigenvalue weighted by Crippen LogP contribution is -2.40. The molecule has 2 heterocycles. The summed E-state index contributed by atoms with van der Waals surface area (Å²) in [5.41, 5.74) is 2.04. The van der Waals surface area contributed by atoms with Gasteiger partial charge < -0.3 is 4.74 Å². The lowest BCUT2D eigenvalue weighted by Gasteiger charge is -2.39. The Kier molecular flexibility index (Phi) is 4.14. The first kappa shape index (κ1) is 17.9. The number of cyclic esters (lactones) is 1. The zero-order valence-electron chi connectivity index (χ0n) is 15.4. The van der Waals surface area contributed by atoms with Crippen molar-refractivity contribution in [2.45, 2.75) is 16.1 Å². The Morgan fingerprint density at radius 2 is 1.38 bits per heavy atom. The number of benzene rings is 3. The average molecular weight is 402 g/mol. The molecule has 2 aliphatic rings. The van der Waals surface area contributed by atoms with Gasteiger partial charge in [0.1, 0.15) is 11.0 Å². The minimum atomic E-state index is -3.75. The van der Waals surface area contributed by atoms with Crippen molar-refractivity contribution in [2.24, 2.45) is 5.92 Å². The Bertz CT molecular complexity index is 1210. The second-order valence-corrected chi connectivity index (χ2v) is 9.32. The molecular weight excluding hydrogens is 384 g/mol. The van der Waals surface area contributed by atoms with E-state index in [-0.39, 0.29) is 10.8 Å². The van der Waals surface area contributed by atoms with Gasteiger partial charge in [0.15, 0.2) is 9.84 Å². The van der Waals surface area contributed by atoms with Gasteiger partial charge >= 0.3 is 5.97 Å². The molecule has 0 aliphatic carbocycles. The highest BCUT2D eigenvalue weighted by atomic mass is 32.2. The molecule has 0 unspecified atom stereocenters. The molecule has 29 heavy (non-hydrogen) atoms. The molecule has 3 aromatic carbocycles. The van der Waals surface area contributed by atoms with Gasteiger partial charge in [-0.25, -0.2) is 8.42 Å². The Hall–Kier alpha value is -3.18. The molecular formula is C24H18O4S. The molecule has 2 aliphatic heterocycles. The largest absolute Gasteiger partial charge is 0.426 e. The van der Waals surface area contributed by atoms with Crippen LogP contribution in [0, 0.1) is 5.92 Å². The summed E-state index contributed by atoms with van der Waals surface area (Å²) < 4.78 is 32.7. The number of rotatable bonds is 2. The van der Waals surface area contributed by atoms with Crippen LogP contribution in [-0.2, 0) is 19.4 Å². The first-order valence-electron chi connectivity index (χ1n) is 9.44. The van der Waals surface area contributed by atoms with Crippen LogP contribution in [0.2, 0.25) is 0 Å². The minimum absolute atomic E-state index is 0.286. The molecule has 4 nitrogen and oxygen atoms in total. The summed E-state index contributed by atoms with van der Waals surface area (Å²) in [6, 6.07) is 25.3. The molecule has 0 fully saturated rings. The van der Waals surface area contributed by atoms with Gasteiger partial charge in [0.2, 0.25) is 0 Å². The predicted octanol–water partition coefficient (Wildman–Crippen LogP) is 4.51. The third-order valence-corrected chi connectivity index (χ3v) is 7.85. The molecule has 3 aromatic rings. The maximum atomic E-state index is 13.5. The van der Waals surface area contributed by atoms with Crippen LogP contribution < -0.4 is 0 Å². The molecule has 0 saturated carbocycles. The number of fused-ring (bicyclic) bond motifs is 3. The number of esters is 1. The fraction of sp³-hybridized carbons (Fsp3) is 0.125. The Balaban J connectivity index is 1.75. The van der Waals surface area contributed by atoms with Crippen molar-refractivity contribution in [2.75, 3.05) is 0 Å². The second kappa shape index (κ2) is 6.71. The van der Waals surface area contributed by atoms with Crippen LogP contribution >= 0.6 is 0 Å². The molecule has 0 saturated heterocycles. The van der Waals surface area contributed by atoms with Crippen LogP contribution in [0.15, 0.2) is 95.9 Å². The highest BCUT2D eigenvalue weighted by Gasteiger charge is 2.52. The maximum Gasteiger partial charge on any atom is 0.316 e. The van der Waals surface area contributed by atoms with Crippen molar-refractivity contribution in [1.82, 2.24) is 0 Å². The van der Waals surface area contributed by atoms with Crippen molar-refractivity contribution in [3.8, 4) is 0 Å². The molecule has 144 valence electrons. The van der Waals surface area contributed by atoms with Gasteiger partial charge in [-0.3, -0.25) is 4.79 Å². The molecule has 0 aromatic heterocycles. The Labute approximate surface area is 169 Å². The number of ether oxygens (including phenoxy) is 1. The van der Waals surface area contributed by atoms with Crippen LogP contribution in [0.4, 0.5) is 0 Å². The van der Waals surface area contributed by atoms with Crippen LogP contribution in [0.25, 0.3) is 5.76 Å². The highest BCUT2D eigenvalue weighted by molar-refractivity contribution is 7.91. The van der Waals surface area contributed by atoms with Crippen molar-refractivity contribution in [1.29, 1.82) is 0 Å². The van der Waals surface area contributed by atoms with E-state index in [1.165, 1.54) is 0 Å². The first-order valence-corrected chi connectivity index (χ1v) is 11.0. The van der Waals surface area contributed by atoms with Crippen LogP contribution in [0.1, 0.15) is 27.9 Å². The monoisotopic (exact) mass is 402 g/mol. The summed E-state index contributed by atoms with van der Waals surface area (Å²) in [5.74, 6) is -1.25. The van der Waals surface area contributed by atoms with Gasteiger partial charge in [-0.2, -0.15) is 0 Å². The summed E-state index contributed by atoms with van der Waals surface area (Å²) in [5, 5.41) is -0.982. The molecule has 0 radical (unpaired) electrons. The van der Waals surface area contributed by atoms with Crippen LogP contribution in [0.3, 0.4) is 0 Å². The van der Waals surface area contributed by atoms with E-state index in [0.29, 0.717) is 16.9 Å². The topological polar surface area (TPSA) is 60.4 Å². The summed E-state index contributed by atoms with van der Waals surface area (Å²) >= 11 is 0. The van der Waals surface area contributed by atoms with E-state index >= 15 is 0 Å². The lowest BCUT2D eigenvalue weighted by atomic mass is 9.79. The summed E-state index contributed by atoms with van der Waals surface area (Å²) in [6.45, 7) is 0. The van der Waals surface area contributed by atoms with Gasteiger partial charge in [-0.05, 0) is 23.3 Å². The van der Waals surface area contributed by atoms with Crippen LogP contribution in [0.5, 0.6) is 0 Å². The van der Waals surface area contributed by atoms with Crippen LogP contribution in [-0.4, -0.2) is 14.4 Å². The minimum Gasteiger partial charge on any atom is -0.426 e. The van der Waals surface area contributed by atoms with E-state index < -0.39 is 27.0 Å². The van der Waals surface area contributed by atoms with E-state index in [0.717, 1.165) is 5.56 Å². The summed E-state index contributed by atoms with van der Waals surface area (Å²) in [6.07, 6.45) is 1.89. The Morgan fingerprint density at radius 3 is 2.10 bits per heavy atom. The maximum absolute atomic E-state index is 13.5. The molecule has 5 heteroatoms. The predicted molar refractivity (Wildman–Crippen MR) is 110 cm³/mol. The second-order valence-electron chi connectivity index (χ2n) is 7.28. The fourth-order valence-corrected chi connectivity index (χ4v) is 6.61. The number of hydrogen-bond donors (Lipinski definition) is 0. The molecule has 5 rings (SSSR count). The van der Waals surface area contributed by atoms with Crippen molar-refractivity contribution in [3.63, 3.8) is 0 Å². The van der Waals surface area contributed by atoms with E-state index in [1.54, 1.807) is 42.5 Å². The molecule has 0 bridgehead atoms. The first-order chi connectivity index (χ1) is 14.1. The van der Waals surface area contributed by atoms with Gasteiger partial charge in [-0.15, -0.1) is 0 Å². The fourth-order valence-electron chi connectivity index (χ4n) is 4.35. The van der Waals surface area contributed by atoms with E-state index in [4.69, 9.17) is 4.74 Å². The molecule has 0 N–H and O–H groups in total. The number of allylic oxidation sites excluding steroid dienone is 1. The third-order valence-electron chi connectivity index (χ3n) is 5.63. The third kappa shape index (κ3) is 2.81. The van der Waals surface area contributed by atoms with Crippen molar-refractivity contribution >= 4 is 21.6 Å². The quantitative estimate of drug-likeness (QED) is 0.592. The SMILES string of the molecule is O=C1OC(c2ccccc2)=C[C@H]2c3ccccc3S(=O)(=O)[C@H](c3ccccc3)[C@@H]12. The smallest absolute Gasteiger partial charge is 0.316 e. The van der Waals surface area contributed by atoms with E-state index in [2.05, 4.69) is 0 Å². The lowest BCUT2D eigenvalue weighted by molar-refractivity contribution is -0.143. The number of sulfone groups is 1. The normalized spacial score (nSPS) is 24.6. The van der Waals surface area contributed by atoms with E-state index in [9.17, 15) is 13.2 Å².